The molecule has 2 atom stereocenters. The van der Waals surface area contributed by atoms with Crippen LogP contribution in [0.15, 0.2) is 12.3 Å². The van der Waals surface area contributed by atoms with Crippen LogP contribution in [0.2, 0.25) is 0 Å². The number of carbonyl (C=O) groups excluding carboxylic acids is 2. The molecule has 0 radical (unpaired) electrons. The summed E-state index contributed by atoms with van der Waals surface area (Å²) in [7, 11) is 0. The third-order valence-corrected chi connectivity index (χ3v) is 5.98. The molecule has 3 rings (SSSR count). The molecule has 0 bridgehead atoms. The molecule has 4 N–H and O–H groups in total. The molecule has 7 nitrogen and oxygen atoms in total. The molecule has 1 aromatic rings. The van der Waals surface area contributed by atoms with E-state index in [1.165, 1.54) is 6.20 Å². The molecule has 0 aromatic carbocycles. The fraction of sp³-hybridized carbons (Fsp3) is 0.650. The number of aromatic nitrogens is 1. The molecule has 1 aromatic heterocycles. The number of aliphatic hydroxyl groups is 1. The summed E-state index contributed by atoms with van der Waals surface area (Å²) in [6, 6.07) is 1.80. The Balaban J connectivity index is 1.70. The number of likely N-dealkylation sites (tertiary alicyclic amines) is 1. The number of piperidine rings is 1. The molecule has 0 spiro atoms. The van der Waals surface area contributed by atoms with Crippen LogP contribution in [0.3, 0.4) is 0 Å². The van der Waals surface area contributed by atoms with E-state index in [-0.39, 0.29) is 12.1 Å². The van der Waals surface area contributed by atoms with Gasteiger partial charge in [-0.1, -0.05) is 6.92 Å². The molecule has 2 fully saturated rings. The summed E-state index contributed by atoms with van der Waals surface area (Å²) < 4.78 is 0. The van der Waals surface area contributed by atoms with Crippen LogP contribution < -0.4 is 11.1 Å². The maximum Gasteiger partial charge on any atom is 0.313 e. The minimum atomic E-state index is -0.629. The van der Waals surface area contributed by atoms with Crippen molar-refractivity contribution in [2.75, 3.05) is 17.6 Å². The van der Waals surface area contributed by atoms with E-state index in [2.05, 4.69) is 17.2 Å². The fourth-order valence-corrected chi connectivity index (χ4v) is 4.35. The van der Waals surface area contributed by atoms with Gasteiger partial charge in [0.15, 0.2) is 0 Å². The van der Waals surface area contributed by atoms with Crippen molar-refractivity contribution in [2.45, 2.75) is 64.5 Å². The third-order valence-electron chi connectivity index (χ3n) is 5.98. The molecule has 7 heteroatoms. The van der Waals surface area contributed by atoms with E-state index in [0.717, 1.165) is 44.1 Å². The molecule has 2 aliphatic rings. The van der Waals surface area contributed by atoms with Crippen LogP contribution in [0.4, 0.5) is 11.5 Å². The van der Waals surface area contributed by atoms with Crippen LogP contribution in [0, 0.1) is 18.8 Å². The number of rotatable bonds is 2. The molecular formula is C20H30N4O3. The summed E-state index contributed by atoms with van der Waals surface area (Å²) in [6.07, 6.45) is 6.60. The quantitative estimate of drug-likeness (QED) is 0.687. The number of nitrogen functional groups attached to an aromatic ring is 1. The van der Waals surface area contributed by atoms with Crippen LogP contribution >= 0.6 is 0 Å². The minimum Gasteiger partial charge on any atom is -0.393 e. The Kier molecular flexibility index (Phi) is 5.99. The van der Waals surface area contributed by atoms with E-state index in [9.17, 15) is 14.7 Å². The van der Waals surface area contributed by atoms with Gasteiger partial charge in [-0.2, -0.15) is 0 Å². The van der Waals surface area contributed by atoms with Gasteiger partial charge in [-0.15, -0.1) is 0 Å². The molecule has 1 saturated carbocycles. The molecule has 1 aliphatic heterocycles. The molecule has 0 unspecified atom stereocenters. The number of aliphatic hydroxyl groups excluding tert-OH is 1. The normalized spacial score (nSPS) is 28.6. The lowest BCUT2D eigenvalue weighted by atomic mass is 9.77. The second-order valence-electron chi connectivity index (χ2n) is 8.16. The van der Waals surface area contributed by atoms with Crippen molar-refractivity contribution >= 4 is 23.3 Å². The highest BCUT2D eigenvalue weighted by Crippen LogP contribution is 2.35. The summed E-state index contributed by atoms with van der Waals surface area (Å²) in [5.74, 6) is 0.0393. The Morgan fingerprint density at radius 3 is 2.59 bits per heavy atom. The van der Waals surface area contributed by atoms with Crippen LogP contribution in [-0.4, -0.2) is 45.5 Å². The van der Waals surface area contributed by atoms with Gasteiger partial charge in [0.25, 0.3) is 0 Å². The summed E-state index contributed by atoms with van der Waals surface area (Å²) in [4.78, 5) is 31.3. The summed E-state index contributed by atoms with van der Waals surface area (Å²) in [5, 5.41) is 12.4. The van der Waals surface area contributed by atoms with E-state index in [1.807, 2.05) is 0 Å². The number of hydrogen-bond donors (Lipinski definition) is 3. The van der Waals surface area contributed by atoms with Crippen LogP contribution in [0.25, 0.3) is 0 Å². The lowest BCUT2D eigenvalue weighted by Gasteiger charge is -2.44. The molecular weight excluding hydrogens is 344 g/mol. The third kappa shape index (κ3) is 4.58. The SMILES string of the molecule is Cc1cc(NC(=O)C(=O)N2C[C@H](C)CC[C@H]2[C@H]2CC[C@@H](O)CC2)cnc1N. The summed E-state index contributed by atoms with van der Waals surface area (Å²) in [6.45, 7) is 4.53. The minimum absolute atomic E-state index is 0.0817. The first-order valence-corrected chi connectivity index (χ1v) is 9.87. The second kappa shape index (κ2) is 8.25. The number of aryl methyl sites for hydroxylation is 1. The largest absolute Gasteiger partial charge is 0.393 e. The zero-order valence-corrected chi connectivity index (χ0v) is 16.1. The second-order valence-corrected chi connectivity index (χ2v) is 8.16. The number of amides is 2. The smallest absolute Gasteiger partial charge is 0.313 e. The van der Waals surface area contributed by atoms with Crippen molar-refractivity contribution < 1.29 is 14.7 Å². The van der Waals surface area contributed by atoms with E-state index < -0.39 is 11.8 Å². The predicted octanol–water partition coefficient (Wildman–Crippen LogP) is 2.09. The highest BCUT2D eigenvalue weighted by atomic mass is 16.3. The molecule has 148 valence electrons. The maximum atomic E-state index is 12.9. The van der Waals surface area contributed by atoms with Crippen molar-refractivity contribution in [2.24, 2.45) is 11.8 Å². The number of pyridine rings is 1. The van der Waals surface area contributed by atoms with Crippen LogP contribution in [-0.2, 0) is 9.59 Å². The lowest BCUT2D eigenvalue weighted by molar-refractivity contribution is -0.148. The first kappa shape index (κ1) is 19.6. The van der Waals surface area contributed by atoms with Crippen molar-refractivity contribution in [1.29, 1.82) is 0 Å². The zero-order chi connectivity index (χ0) is 19.6. The molecule has 1 saturated heterocycles. The highest BCUT2D eigenvalue weighted by Gasteiger charge is 2.38. The van der Waals surface area contributed by atoms with Gasteiger partial charge >= 0.3 is 11.8 Å². The van der Waals surface area contributed by atoms with E-state index >= 15 is 0 Å². The van der Waals surface area contributed by atoms with Gasteiger partial charge in [0, 0.05) is 12.6 Å². The van der Waals surface area contributed by atoms with Gasteiger partial charge < -0.3 is 21.1 Å². The number of hydrogen-bond acceptors (Lipinski definition) is 5. The van der Waals surface area contributed by atoms with Gasteiger partial charge in [-0.3, -0.25) is 9.59 Å². The predicted molar refractivity (Wildman–Crippen MR) is 104 cm³/mol. The van der Waals surface area contributed by atoms with Crippen molar-refractivity contribution in [3.05, 3.63) is 17.8 Å². The standard InChI is InChI=1S/C20H30N4O3/c1-12-3-8-17(14-4-6-16(25)7-5-14)24(11-12)20(27)19(26)23-15-9-13(2)18(21)22-10-15/h9-10,12,14,16-17,25H,3-8,11H2,1-2H3,(H2,21,22)(H,23,26)/t12-,14-,16+,17+/m1/s1. The number of nitrogens with zero attached hydrogens (tertiary/aromatic N) is 2. The Hall–Kier alpha value is -2.15. The Morgan fingerprint density at radius 2 is 1.93 bits per heavy atom. The van der Waals surface area contributed by atoms with E-state index in [4.69, 9.17) is 5.73 Å². The number of nitrogens with one attached hydrogen (secondary N) is 1. The van der Waals surface area contributed by atoms with Gasteiger partial charge in [0.1, 0.15) is 5.82 Å². The lowest BCUT2D eigenvalue weighted by Crippen LogP contribution is -2.53. The topological polar surface area (TPSA) is 109 Å². The molecule has 1 aliphatic carbocycles. The summed E-state index contributed by atoms with van der Waals surface area (Å²) >= 11 is 0. The first-order valence-electron chi connectivity index (χ1n) is 9.87. The molecule has 2 amide bonds. The number of nitrogens with two attached hydrogens (primary N) is 1. The maximum absolute atomic E-state index is 12.9. The van der Waals surface area contributed by atoms with Gasteiger partial charge in [-0.05, 0) is 68.9 Å². The van der Waals surface area contributed by atoms with Crippen molar-refractivity contribution in [3.8, 4) is 0 Å². The van der Waals surface area contributed by atoms with Crippen LogP contribution in [0.1, 0.15) is 51.0 Å². The van der Waals surface area contributed by atoms with Gasteiger partial charge in [0.05, 0.1) is 18.0 Å². The molecule has 27 heavy (non-hydrogen) atoms. The average Bonchev–Trinajstić information content (AvgIpc) is 2.65. The van der Waals surface area contributed by atoms with Crippen molar-refractivity contribution in [1.82, 2.24) is 9.88 Å². The fourth-order valence-electron chi connectivity index (χ4n) is 4.35. The zero-order valence-electron chi connectivity index (χ0n) is 16.1. The van der Waals surface area contributed by atoms with E-state index in [0.29, 0.717) is 29.9 Å². The van der Waals surface area contributed by atoms with Crippen LogP contribution in [0.5, 0.6) is 0 Å². The summed E-state index contributed by atoms with van der Waals surface area (Å²) in [5.41, 5.74) is 6.93. The Labute approximate surface area is 160 Å². The number of anilines is 2. The van der Waals surface area contributed by atoms with E-state index in [1.54, 1.807) is 17.9 Å². The average molecular weight is 374 g/mol. The number of carbonyl (C=O) groups is 2. The first-order chi connectivity index (χ1) is 12.8. The monoisotopic (exact) mass is 374 g/mol. The van der Waals surface area contributed by atoms with Crippen molar-refractivity contribution in [3.63, 3.8) is 0 Å². The molecule has 2 heterocycles. The highest BCUT2D eigenvalue weighted by molar-refractivity contribution is 6.39. The van der Waals surface area contributed by atoms with Gasteiger partial charge in [0.2, 0.25) is 0 Å². The Morgan fingerprint density at radius 1 is 1.22 bits per heavy atom. The van der Waals surface area contributed by atoms with Gasteiger partial charge in [-0.25, -0.2) is 4.98 Å². The Bertz CT molecular complexity index is 700.